The van der Waals surface area contributed by atoms with Crippen molar-refractivity contribution >= 4 is 17.3 Å². The van der Waals surface area contributed by atoms with Crippen LogP contribution in [0.15, 0.2) is 24.3 Å². The first kappa shape index (κ1) is 14.2. The summed E-state index contributed by atoms with van der Waals surface area (Å²) in [6, 6.07) is 8.76. The van der Waals surface area contributed by atoms with Crippen molar-refractivity contribution in [2.45, 2.75) is 25.3 Å². The van der Waals surface area contributed by atoms with Gasteiger partial charge in [0.1, 0.15) is 0 Å². The summed E-state index contributed by atoms with van der Waals surface area (Å²) in [4.78, 5) is 5.28. The van der Waals surface area contributed by atoms with Gasteiger partial charge in [-0.25, -0.2) is 0 Å². The van der Waals surface area contributed by atoms with E-state index in [1.807, 2.05) is 24.3 Å². The first-order chi connectivity index (χ1) is 9.81. The third-order valence-electron chi connectivity index (χ3n) is 4.51. The van der Waals surface area contributed by atoms with Gasteiger partial charge < -0.3 is 5.32 Å². The van der Waals surface area contributed by atoms with Crippen LogP contribution in [0.1, 0.15) is 19.3 Å². The third kappa shape index (κ3) is 3.66. The normalized spacial score (nSPS) is 24.4. The Morgan fingerprint density at radius 3 is 2.60 bits per heavy atom. The van der Waals surface area contributed by atoms with Gasteiger partial charge in [-0.15, -0.1) is 0 Å². The van der Waals surface area contributed by atoms with E-state index in [9.17, 15) is 0 Å². The minimum absolute atomic E-state index is 0.795. The maximum Gasteiger partial charge on any atom is 0.0407 e. The van der Waals surface area contributed by atoms with E-state index in [1.54, 1.807) is 0 Å². The predicted molar refractivity (Wildman–Crippen MR) is 85.6 cm³/mol. The molecule has 1 aromatic carbocycles. The van der Waals surface area contributed by atoms with Gasteiger partial charge in [0.2, 0.25) is 0 Å². The Morgan fingerprint density at radius 2 is 1.85 bits per heavy atom. The van der Waals surface area contributed by atoms with Crippen LogP contribution in [0.5, 0.6) is 0 Å². The summed E-state index contributed by atoms with van der Waals surface area (Å²) < 4.78 is 0. The number of halogens is 1. The molecule has 1 atom stereocenters. The fourth-order valence-corrected chi connectivity index (χ4v) is 3.47. The van der Waals surface area contributed by atoms with Crippen molar-refractivity contribution in [1.29, 1.82) is 0 Å². The Hall–Kier alpha value is -0.770. The topological polar surface area (TPSA) is 18.5 Å². The maximum absolute atomic E-state index is 5.89. The maximum atomic E-state index is 5.89. The molecule has 3 nitrogen and oxygen atoms in total. The van der Waals surface area contributed by atoms with Crippen LogP contribution in [0, 0.1) is 0 Å². The van der Waals surface area contributed by atoms with Gasteiger partial charge in [-0.1, -0.05) is 11.6 Å². The molecule has 2 saturated heterocycles. The molecule has 2 aliphatic heterocycles. The number of hydrogen-bond acceptors (Lipinski definition) is 3. The Morgan fingerprint density at radius 1 is 1.10 bits per heavy atom. The molecule has 110 valence electrons. The van der Waals surface area contributed by atoms with Crippen LogP contribution in [0.3, 0.4) is 0 Å². The molecule has 0 bridgehead atoms. The summed E-state index contributed by atoms with van der Waals surface area (Å²) in [5, 5.41) is 4.26. The Kier molecular flexibility index (Phi) is 4.81. The van der Waals surface area contributed by atoms with Crippen LogP contribution in [0.25, 0.3) is 0 Å². The fraction of sp³-hybridized carbons (Fsp3) is 0.625. The molecule has 2 heterocycles. The van der Waals surface area contributed by atoms with Crippen LogP contribution in [-0.4, -0.2) is 55.1 Å². The second-order valence-electron chi connectivity index (χ2n) is 5.92. The molecule has 0 aromatic heterocycles. The molecule has 0 aliphatic carbocycles. The number of nitrogens with one attached hydrogen (secondary N) is 1. The Labute approximate surface area is 126 Å². The van der Waals surface area contributed by atoms with Crippen molar-refractivity contribution in [2.75, 3.05) is 44.6 Å². The summed E-state index contributed by atoms with van der Waals surface area (Å²) in [6.45, 7) is 7.29. The number of nitrogens with zero attached hydrogens (tertiary/aromatic N) is 2. The molecular formula is C16H24ClN3. The molecular weight excluding hydrogens is 270 g/mol. The number of benzene rings is 1. The van der Waals surface area contributed by atoms with E-state index in [0.717, 1.165) is 29.8 Å². The summed E-state index contributed by atoms with van der Waals surface area (Å²) in [7, 11) is 0. The molecule has 1 N–H and O–H groups in total. The zero-order valence-electron chi connectivity index (χ0n) is 12.0. The first-order valence-electron chi connectivity index (χ1n) is 7.77. The molecule has 4 heteroatoms. The zero-order valence-corrected chi connectivity index (χ0v) is 12.8. The second kappa shape index (κ2) is 6.79. The zero-order chi connectivity index (χ0) is 13.8. The number of hydrogen-bond donors (Lipinski definition) is 1. The average Bonchev–Trinajstić information content (AvgIpc) is 3.11. The van der Waals surface area contributed by atoms with E-state index in [-0.39, 0.29) is 0 Å². The number of anilines is 1. The van der Waals surface area contributed by atoms with E-state index < -0.39 is 0 Å². The standard InChI is InChI=1S/C16H24ClN3/c17-14-3-5-15(6-4-14)18-8-12-19-11-7-16(13-19)20-9-1-2-10-20/h3-6,16,18H,1-2,7-13H2. The summed E-state index contributed by atoms with van der Waals surface area (Å²) >= 11 is 5.89. The van der Waals surface area contributed by atoms with Crippen LogP contribution in [0.2, 0.25) is 5.02 Å². The van der Waals surface area contributed by atoms with Gasteiger partial charge >= 0.3 is 0 Å². The predicted octanol–water partition coefficient (Wildman–Crippen LogP) is 2.92. The van der Waals surface area contributed by atoms with Crippen molar-refractivity contribution < 1.29 is 0 Å². The Balaban J connectivity index is 1.38. The molecule has 0 spiro atoms. The van der Waals surface area contributed by atoms with Crippen molar-refractivity contribution in [3.8, 4) is 0 Å². The monoisotopic (exact) mass is 293 g/mol. The van der Waals surface area contributed by atoms with Crippen LogP contribution >= 0.6 is 11.6 Å². The SMILES string of the molecule is Clc1ccc(NCCN2CCC(N3CCCC3)C2)cc1. The largest absolute Gasteiger partial charge is 0.384 e. The molecule has 2 aliphatic rings. The van der Waals surface area contributed by atoms with Gasteiger partial charge in [-0.05, 0) is 63.2 Å². The third-order valence-corrected chi connectivity index (χ3v) is 4.76. The van der Waals surface area contributed by atoms with E-state index >= 15 is 0 Å². The number of likely N-dealkylation sites (tertiary alicyclic amines) is 2. The van der Waals surface area contributed by atoms with E-state index in [4.69, 9.17) is 11.6 Å². The lowest BCUT2D eigenvalue weighted by molar-refractivity contribution is 0.234. The lowest BCUT2D eigenvalue weighted by Crippen LogP contribution is -2.36. The number of rotatable bonds is 5. The van der Waals surface area contributed by atoms with E-state index in [2.05, 4.69) is 15.1 Å². The van der Waals surface area contributed by atoms with Gasteiger partial charge in [-0.2, -0.15) is 0 Å². The summed E-state index contributed by atoms with van der Waals surface area (Å²) in [6.07, 6.45) is 4.14. The van der Waals surface area contributed by atoms with Crippen molar-refractivity contribution in [1.82, 2.24) is 9.80 Å². The quantitative estimate of drug-likeness (QED) is 0.900. The highest BCUT2D eigenvalue weighted by molar-refractivity contribution is 6.30. The van der Waals surface area contributed by atoms with Gasteiger partial charge in [0.15, 0.2) is 0 Å². The molecule has 3 rings (SSSR count). The molecule has 0 amide bonds. The molecule has 2 fully saturated rings. The molecule has 20 heavy (non-hydrogen) atoms. The van der Waals surface area contributed by atoms with Crippen LogP contribution in [0.4, 0.5) is 5.69 Å². The van der Waals surface area contributed by atoms with Gasteiger partial charge in [0.25, 0.3) is 0 Å². The van der Waals surface area contributed by atoms with Gasteiger partial charge in [-0.3, -0.25) is 9.80 Å². The van der Waals surface area contributed by atoms with Crippen molar-refractivity contribution in [3.63, 3.8) is 0 Å². The van der Waals surface area contributed by atoms with Crippen molar-refractivity contribution in [3.05, 3.63) is 29.3 Å². The van der Waals surface area contributed by atoms with Crippen LogP contribution in [-0.2, 0) is 0 Å². The van der Waals surface area contributed by atoms with Crippen molar-refractivity contribution in [2.24, 2.45) is 0 Å². The minimum atomic E-state index is 0.795. The lowest BCUT2D eigenvalue weighted by Gasteiger charge is -2.23. The molecule has 1 unspecified atom stereocenters. The Bertz CT molecular complexity index is 414. The fourth-order valence-electron chi connectivity index (χ4n) is 3.35. The molecule has 1 aromatic rings. The second-order valence-corrected chi connectivity index (χ2v) is 6.36. The van der Waals surface area contributed by atoms with Gasteiger partial charge in [0, 0.05) is 36.4 Å². The van der Waals surface area contributed by atoms with E-state index in [0.29, 0.717) is 0 Å². The molecule has 0 radical (unpaired) electrons. The highest BCUT2D eigenvalue weighted by Gasteiger charge is 2.28. The van der Waals surface area contributed by atoms with Gasteiger partial charge in [0.05, 0.1) is 0 Å². The summed E-state index contributed by atoms with van der Waals surface area (Å²) in [5.74, 6) is 0. The highest BCUT2D eigenvalue weighted by atomic mass is 35.5. The first-order valence-corrected chi connectivity index (χ1v) is 8.15. The summed E-state index contributed by atoms with van der Waals surface area (Å²) in [5.41, 5.74) is 1.16. The lowest BCUT2D eigenvalue weighted by atomic mass is 10.2. The van der Waals surface area contributed by atoms with E-state index in [1.165, 1.54) is 45.4 Å². The smallest absolute Gasteiger partial charge is 0.0407 e. The highest BCUT2D eigenvalue weighted by Crippen LogP contribution is 2.20. The van der Waals surface area contributed by atoms with Crippen LogP contribution < -0.4 is 5.32 Å². The minimum Gasteiger partial charge on any atom is -0.384 e. The molecule has 0 saturated carbocycles. The average molecular weight is 294 g/mol.